The number of hydrogen-bond donors (Lipinski definition) is 1. The van der Waals surface area contributed by atoms with Gasteiger partial charge in [-0.25, -0.2) is 8.78 Å². The molecule has 1 atom stereocenters. The van der Waals surface area contributed by atoms with Crippen LogP contribution in [-0.2, 0) is 10.7 Å². The van der Waals surface area contributed by atoms with E-state index in [-0.39, 0.29) is 12.0 Å². The lowest BCUT2D eigenvalue weighted by Gasteiger charge is -2.23. The standard InChI is InChI=1S/C14H16F2O4/c1-9(6-13(17)18)8-14(15,16)10-2-3-11-12(7-10)20-5-4-19-11/h2-3,7,9H,4-6,8H2,1H3,(H,17,18). The molecule has 0 saturated carbocycles. The minimum Gasteiger partial charge on any atom is -0.486 e. The molecule has 2 rings (SSSR count). The third-order valence-electron chi connectivity index (χ3n) is 3.09. The van der Waals surface area contributed by atoms with Gasteiger partial charge in [-0.3, -0.25) is 4.79 Å². The van der Waals surface area contributed by atoms with E-state index in [1.807, 2.05) is 0 Å². The summed E-state index contributed by atoms with van der Waals surface area (Å²) in [5.41, 5.74) is -0.181. The molecule has 0 radical (unpaired) electrons. The lowest BCUT2D eigenvalue weighted by molar-refractivity contribution is -0.138. The summed E-state index contributed by atoms with van der Waals surface area (Å²) in [6.07, 6.45) is -0.793. The fourth-order valence-electron chi connectivity index (χ4n) is 2.20. The average molecular weight is 286 g/mol. The number of halogens is 2. The molecule has 1 unspecified atom stereocenters. The van der Waals surface area contributed by atoms with Crippen molar-refractivity contribution in [2.45, 2.75) is 25.7 Å². The predicted molar refractivity (Wildman–Crippen MR) is 67.4 cm³/mol. The summed E-state index contributed by atoms with van der Waals surface area (Å²) in [6, 6.07) is 4.02. The van der Waals surface area contributed by atoms with E-state index < -0.39 is 24.2 Å². The fraction of sp³-hybridized carbons (Fsp3) is 0.500. The molecule has 0 aromatic heterocycles. The zero-order valence-corrected chi connectivity index (χ0v) is 11.1. The summed E-state index contributed by atoms with van der Waals surface area (Å²) in [7, 11) is 0. The fourth-order valence-corrected chi connectivity index (χ4v) is 2.20. The Labute approximate surface area is 115 Å². The van der Waals surface area contributed by atoms with Gasteiger partial charge < -0.3 is 14.6 Å². The number of rotatable bonds is 5. The van der Waals surface area contributed by atoms with E-state index in [1.165, 1.54) is 25.1 Å². The van der Waals surface area contributed by atoms with Gasteiger partial charge in [0.15, 0.2) is 11.5 Å². The first-order valence-corrected chi connectivity index (χ1v) is 6.38. The van der Waals surface area contributed by atoms with Gasteiger partial charge >= 0.3 is 5.97 Å². The van der Waals surface area contributed by atoms with Crippen LogP contribution in [0.15, 0.2) is 18.2 Å². The zero-order valence-electron chi connectivity index (χ0n) is 11.1. The Hall–Kier alpha value is -1.85. The molecule has 0 amide bonds. The topological polar surface area (TPSA) is 55.8 Å². The number of hydrogen-bond acceptors (Lipinski definition) is 3. The summed E-state index contributed by atoms with van der Waals surface area (Å²) in [5.74, 6) is -4.02. The van der Waals surface area contributed by atoms with Gasteiger partial charge in [0, 0.05) is 18.4 Å². The molecule has 110 valence electrons. The third kappa shape index (κ3) is 3.37. The molecule has 0 bridgehead atoms. The Bertz CT molecular complexity index is 502. The number of fused-ring (bicyclic) bond motifs is 1. The van der Waals surface area contributed by atoms with Crippen LogP contribution in [0.1, 0.15) is 25.3 Å². The largest absolute Gasteiger partial charge is 0.486 e. The van der Waals surface area contributed by atoms with Crippen LogP contribution in [0, 0.1) is 5.92 Å². The summed E-state index contributed by atoms with van der Waals surface area (Å²) in [6.45, 7) is 2.23. The van der Waals surface area contributed by atoms with Crippen molar-refractivity contribution in [3.05, 3.63) is 23.8 Å². The summed E-state index contributed by atoms with van der Waals surface area (Å²) in [4.78, 5) is 10.5. The van der Waals surface area contributed by atoms with E-state index in [0.29, 0.717) is 24.7 Å². The summed E-state index contributed by atoms with van der Waals surface area (Å²) >= 11 is 0. The second-order valence-electron chi connectivity index (χ2n) is 4.97. The van der Waals surface area contributed by atoms with Gasteiger partial charge in [0.1, 0.15) is 13.2 Å². The minimum atomic E-state index is -3.09. The van der Waals surface area contributed by atoms with Crippen LogP contribution in [0.4, 0.5) is 8.78 Å². The van der Waals surface area contributed by atoms with E-state index in [0.717, 1.165) is 0 Å². The molecular formula is C14H16F2O4. The third-order valence-corrected chi connectivity index (χ3v) is 3.09. The monoisotopic (exact) mass is 286 g/mol. The van der Waals surface area contributed by atoms with E-state index in [2.05, 4.69) is 0 Å². The van der Waals surface area contributed by atoms with Crippen molar-refractivity contribution in [2.75, 3.05) is 13.2 Å². The van der Waals surface area contributed by atoms with E-state index in [9.17, 15) is 13.6 Å². The molecule has 0 spiro atoms. The number of aliphatic carboxylic acids is 1. The minimum absolute atomic E-state index is 0.181. The molecule has 0 aliphatic carbocycles. The summed E-state index contributed by atoms with van der Waals surface area (Å²) in [5, 5.41) is 8.63. The molecular weight excluding hydrogens is 270 g/mol. The van der Waals surface area contributed by atoms with Crippen molar-refractivity contribution in [1.29, 1.82) is 0 Å². The van der Waals surface area contributed by atoms with E-state index >= 15 is 0 Å². The first-order chi connectivity index (χ1) is 9.38. The van der Waals surface area contributed by atoms with Gasteiger partial charge in [0.05, 0.1) is 0 Å². The zero-order chi connectivity index (χ0) is 14.8. The lowest BCUT2D eigenvalue weighted by Crippen LogP contribution is -2.20. The number of carboxylic acids is 1. The van der Waals surface area contributed by atoms with Crippen LogP contribution < -0.4 is 9.47 Å². The SMILES string of the molecule is CC(CC(=O)O)CC(F)(F)c1ccc2c(c1)OCCO2. The first-order valence-electron chi connectivity index (χ1n) is 6.38. The highest BCUT2D eigenvalue weighted by atomic mass is 19.3. The molecule has 1 aliphatic rings. The average Bonchev–Trinajstić information content (AvgIpc) is 2.36. The van der Waals surface area contributed by atoms with Crippen LogP contribution in [0.5, 0.6) is 11.5 Å². The first kappa shape index (κ1) is 14.6. The second-order valence-corrected chi connectivity index (χ2v) is 4.97. The van der Waals surface area contributed by atoms with Crippen LogP contribution >= 0.6 is 0 Å². The Kier molecular flexibility index (Phi) is 4.11. The maximum Gasteiger partial charge on any atom is 0.303 e. The van der Waals surface area contributed by atoms with Crippen LogP contribution in [0.25, 0.3) is 0 Å². The molecule has 1 aromatic rings. The van der Waals surface area contributed by atoms with Crippen LogP contribution in [0.3, 0.4) is 0 Å². The number of carbonyl (C=O) groups is 1. The van der Waals surface area contributed by atoms with Crippen molar-refractivity contribution in [2.24, 2.45) is 5.92 Å². The van der Waals surface area contributed by atoms with Crippen LogP contribution in [-0.4, -0.2) is 24.3 Å². The molecule has 4 nitrogen and oxygen atoms in total. The predicted octanol–water partition coefficient (Wildman–Crippen LogP) is 3.05. The Morgan fingerprint density at radius 1 is 1.35 bits per heavy atom. The maximum absolute atomic E-state index is 14.1. The molecule has 1 aromatic carbocycles. The van der Waals surface area contributed by atoms with E-state index in [1.54, 1.807) is 0 Å². The molecule has 1 N–H and O–H groups in total. The highest BCUT2D eigenvalue weighted by Crippen LogP contribution is 2.40. The molecule has 0 saturated heterocycles. The number of benzene rings is 1. The number of carboxylic acid groups (broad SMARTS) is 1. The molecule has 20 heavy (non-hydrogen) atoms. The van der Waals surface area contributed by atoms with Gasteiger partial charge in [-0.05, 0) is 24.1 Å². The number of ether oxygens (including phenoxy) is 2. The maximum atomic E-state index is 14.1. The van der Waals surface area contributed by atoms with Crippen molar-refractivity contribution in [3.8, 4) is 11.5 Å². The Balaban J connectivity index is 2.14. The van der Waals surface area contributed by atoms with Crippen LogP contribution in [0.2, 0.25) is 0 Å². The smallest absolute Gasteiger partial charge is 0.303 e. The van der Waals surface area contributed by atoms with Crippen molar-refractivity contribution in [3.63, 3.8) is 0 Å². The Morgan fingerprint density at radius 3 is 2.65 bits per heavy atom. The number of alkyl halides is 2. The molecule has 0 fully saturated rings. The normalized spacial score (nSPS) is 15.8. The van der Waals surface area contributed by atoms with Gasteiger partial charge in [-0.2, -0.15) is 0 Å². The lowest BCUT2D eigenvalue weighted by atomic mass is 9.94. The molecule has 1 heterocycles. The summed E-state index contributed by atoms with van der Waals surface area (Å²) < 4.78 is 38.8. The van der Waals surface area contributed by atoms with Gasteiger partial charge in [-0.1, -0.05) is 6.92 Å². The quantitative estimate of drug-likeness (QED) is 0.904. The highest BCUT2D eigenvalue weighted by molar-refractivity contribution is 5.66. The Morgan fingerprint density at radius 2 is 2.00 bits per heavy atom. The van der Waals surface area contributed by atoms with E-state index in [4.69, 9.17) is 14.6 Å². The highest BCUT2D eigenvalue weighted by Gasteiger charge is 2.35. The van der Waals surface area contributed by atoms with Gasteiger partial charge in [0.2, 0.25) is 0 Å². The van der Waals surface area contributed by atoms with Gasteiger partial charge in [0.25, 0.3) is 5.92 Å². The van der Waals surface area contributed by atoms with Crippen molar-refractivity contribution < 1.29 is 28.2 Å². The van der Waals surface area contributed by atoms with Crippen molar-refractivity contribution in [1.82, 2.24) is 0 Å². The second kappa shape index (κ2) is 5.64. The molecule has 6 heteroatoms. The molecule has 1 aliphatic heterocycles. The van der Waals surface area contributed by atoms with Crippen molar-refractivity contribution >= 4 is 5.97 Å². The van der Waals surface area contributed by atoms with Gasteiger partial charge in [-0.15, -0.1) is 0 Å².